The molecule has 0 saturated heterocycles. The number of carbonyl (C=O) groups is 1. The van der Waals surface area contributed by atoms with Crippen LogP contribution in [0.25, 0.3) is 0 Å². The van der Waals surface area contributed by atoms with Gasteiger partial charge >= 0.3 is 5.97 Å². The van der Waals surface area contributed by atoms with E-state index in [9.17, 15) is 4.79 Å². The molecule has 0 radical (unpaired) electrons. The summed E-state index contributed by atoms with van der Waals surface area (Å²) in [4.78, 5) is 13.7. The lowest BCUT2D eigenvalue weighted by atomic mass is 10.1. The van der Waals surface area contributed by atoms with E-state index >= 15 is 0 Å². The van der Waals surface area contributed by atoms with Gasteiger partial charge in [0.25, 0.3) is 0 Å². The summed E-state index contributed by atoms with van der Waals surface area (Å²) in [5, 5.41) is 0. The standard InChI is InChI=1S/C18H35NO3/c1-4-7-8-9-10-11-12-13-18(20)22-17-16-21-15-14-19(5-2)6-3/h12-13H,4-11,14-17H2,1-3H3/b13-12+. The molecule has 0 spiro atoms. The molecule has 0 amide bonds. The second kappa shape index (κ2) is 16.5. The van der Waals surface area contributed by atoms with E-state index in [1.165, 1.54) is 31.8 Å². The summed E-state index contributed by atoms with van der Waals surface area (Å²) < 4.78 is 10.5. The van der Waals surface area contributed by atoms with Gasteiger partial charge in [0, 0.05) is 12.6 Å². The summed E-state index contributed by atoms with van der Waals surface area (Å²) in [7, 11) is 0. The average molecular weight is 313 g/mol. The number of likely N-dealkylation sites (N-methyl/N-ethyl adjacent to an activating group) is 1. The first-order valence-corrected chi connectivity index (χ1v) is 8.87. The number of esters is 1. The van der Waals surface area contributed by atoms with E-state index in [0.717, 1.165) is 32.5 Å². The van der Waals surface area contributed by atoms with Crippen molar-refractivity contribution in [1.29, 1.82) is 0 Å². The van der Waals surface area contributed by atoms with E-state index in [1.54, 1.807) is 0 Å². The van der Waals surface area contributed by atoms with Crippen LogP contribution in [0.2, 0.25) is 0 Å². The molecule has 0 aromatic rings. The lowest BCUT2D eigenvalue weighted by Gasteiger charge is -2.17. The van der Waals surface area contributed by atoms with Crippen molar-refractivity contribution in [3.63, 3.8) is 0 Å². The number of hydrogen-bond donors (Lipinski definition) is 0. The van der Waals surface area contributed by atoms with Gasteiger partial charge in [-0.2, -0.15) is 0 Å². The molecule has 0 aliphatic heterocycles. The Balaban J connectivity index is 3.38. The van der Waals surface area contributed by atoms with E-state index in [-0.39, 0.29) is 5.97 Å². The maximum absolute atomic E-state index is 11.4. The molecule has 0 atom stereocenters. The molecule has 0 aliphatic rings. The molecule has 0 unspecified atom stereocenters. The molecular weight excluding hydrogens is 278 g/mol. The Morgan fingerprint density at radius 2 is 1.68 bits per heavy atom. The first-order valence-electron chi connectivity index (χ1n) is 8.87. The Bertz CT molecular complexity index is 276. The Morgan fingerprint density at radius 3 is 2.36 bits per heavy atom. The van der Waals surface area contributed by atoms with Crippen LogP contribution in [0.4, 0.5) is 0 Å². The highest BCUT2D eigenvalue weighted by Crippen LogP contribution is 2.05. The Kier molecular flexibility index (Phi) is 15.8. The number of ether oxygens (including phenoxy) is 2. The molecule has 4 heteroatoms. The van der Waals surface area contributed by atoms with E-state index in [4.69, 9.17) is 9.47 Å². The topological polar surface area (TPSA) is 38.8 Å². The highest BCUT2D eigenvalue weighted by atomic mass is 16.6. The van der Waals surface area contributed by atoms with Gasteiger partial charge in [-0.3, -0.25) is 0 Å². The van der Waals surface area contributed by atoms with Crippen molar-refractivity contribution in [2.75, 3.05) is 39.5 Å². The van der Waals surface area contributed by atoms with E-state index in [1.807, 2.05) is 6.08 Å². The van der Waals surface area contributed by atoms with Crippen LogP contribution in [0.5, 0.6) is 0 Å². The molecule has 130 valence electrons. The van der Waals surface area contributed by atoms with Gasteiger partial charge in [0.2, 0.25) is 0 Å². The molecule has 0 fully saturated rings. The number of unbranched alkanes of at least 4 members (excludes halogenated alkanes) is 5. The fourth-order valence-corrected chi connectivity index (χ4v) is 2.13. The van der Waals surface area contributed by atoms with Crippen molar-refractivity contribution in [3.8, 4) is 0 Å². The van der Waals surface area contributed by atoms with Gasteiger partial charge in [-0.1, -0.05) is 52.5 Å². The first-order chi connectivity index (χ1) is 10.7. The summed E-state index contributed by atoms with van der Waals surface area (Å²) >= 11 is 0. The van der Waals surface area contributed by atoms with Gasteiger partial charge in [0.1, 0.15) is 6.61 Å². The van der Waals surface area contributed by atoms with Crippen LogP contribution in [0.1, 0.15) is 59.3 Å². The third-order valence-corrected chi connectivity index (χ3v) is 3.65. The molecule has 4 nitrogen and oxygen atoms in total. The second-order valence-corrected chi connectivity index (χ2v) is 5.41. The van der Waals surface area contributed by atoms with Crippen molar-refractivity contribution in [1.82, 2.24) is 4.90 Å². The fourth-order valence-electron chi connectivity index (χ4n) is 2.13. The molecule has 22 heavy (non-hydrogen) atoms. The second-order valence-electron chi connectivity index (χ2n) is 5.41. The minimum Gasteiger partial charge on any atom is -0.460 e. The fraction of sp³-hybridized carbons (Fsp3) is 0.833. The van der Waals surface area contributed by atoms with Gasteiger partial charge in [-0.15, -0.1) is 0 Å². The predicted octanol–water partition coefficient (Wildman–Crippen LogP) is 3.80. The molecule has 0 aromatic heterocycles. The molecule has 0 N–H and O–H groups in total. The lowest BCUT2D eigenvalue weighted by molar-refractivity contribution is -0.139. The van der Waals surface area contributed by atoms with Crippen molar-refractivity contribution in [3.05, 3.63) is 12.2 Å². The van der Waals surface area contributed by atoms with Gasteiger partial charge in [-0.25, -0.2) is 4.79 Å². The molecule has 0 heterocycles. The summed E-state index contributed by atoms with van der Waals surface area (Å²) in [6.45, 7) is 11.0. The zero-order valence-electron chi connectivity index (χ0n) is 14.8. The number of allylic oxidation sites excluding steroid dienone is 1. The van der Waals surface area contributed by atoms with E-state index < -0.39 is 0 Å². The largest absolute Gasteiger partial charge is 0.460 e. The van der Waals surface area contributed by atoms with Crippen molar-refractivity contribution in [2.45, 2.75) is 59.3 Å². The summed E-state index contributed by atoms with van der Waals surface area (Å²) in [6, 6.07) is 0. The van der Waals surface area contributed by atoms with Crippen LogP contribution >= 0.6 is 0 Å². The van der Waals surface area contributed by atoms with E-state index in [2.05, 4.69) is 25.7 Å². The third kappa shape index (κ3) is 14.1. The van der Waals surface area contributed by atoms with Crippen LogP contribution in [-0.2, 0) is 14.3 Å². The summed E-state index contributed by atoms with van der Waals surface area (Å²) in [6.07, 6.45) is 10.7. The van der Waals surface area contributed by atoms with Crippen molar-refractivity contribution in [2.24, 2.45) is 0 Å². The summed E-state index contributed by atoms with van der Waals surface area (Å²) in [5.74, 6) is -0.263. The molecule has 0 aromatic carbocycles. The Labute approximate surface area is 136 Å². The Morgan fingerprint density at radius 1 is 0.955 bits per heavy atom. The number of nitrogens with zero attached hydrogens (tertiary/aromatic N) is 1. The average Bonchev–Trinajstić information content (AvgIpc) is 2.53. The quantitative estimate of drug-likeness (QED) is 0.262. The van der Waals surface area contributed by atoms with Crippen LogP contribution in [-0.4, -0.2) is 50.3 Å². The maximum Gasteiger partial charge on any atom is 0.330 e. The molecule has 0 rings (SSSR count). The smallest absolute Gasteiger partial charge is 0.330 e. The normalized spacial score (nSPS) is 11.5. The van der Waals surface area contributed by atoms with E-state index in [0.29, 0.717) is 19.8 Å². The number of rotatable bonds is 15. The van der Waals surface area contributed by atoms with Crippen LogP contribution in [0.15, 0.2) is 12.2 Å². The zero-order valence-corrected chi connectivity index (χ0v) is 14.8. The molecule has 0 aliphatic carbocycles. The van der Waals surface area contributed by atoms with Crippen molar-refractivity contribution < 1.29 is 14.3 Å². The molecule has 0 bridgehead atoms. The maximum atomic E-state index is 11.4. The van der Waals surface area contributed by atoms with Gasteiger partial charge in [0.15, 0.2) is 0 Å². The highest BCUT2D eigenvalue weighted by Gasteiger charge is 1.99. The first kappa shape index (κ1) is 21.1. The monoisotopic (exact) mass is 313 g/mol. The van der Waals surface area contributed by atoms with Gasteiger partial charge in [-0.05, 0) is 25.9 Å². The van der Waals surface area contributed by atoms with Crippen LogP contribution in [0, 0.1) is 0 Å². The lowest BCUT2D eigenvalue weighted by Crippen LogP contribution is -2.27. The summed E-state index contributed by atoms with van der Waals surface area (Å²) in [5.41, 5.74) is 0. The Hall–Kier alpha value is -0.870. The SMILES string of the molecule is CCCCCCC/C=C/C(=O)OCCOCCN(CC)CC. The van der Waals surface area contributed by atoms with Gasteiger partial charge < -0.3 is 14.4 Å². The minimum atomic E-state index is -0.263. The molecular formula is C18H35NO3. The molecule has 0 saturated carbocycles. The third-order valence-electron chi connectivity index (χ3n) is 3.65. The van der Waals surface area contributed by atoms with Crippen LogP contribution in [0.3, 0.4) is 0 Å². The van der Waals surface area contributed by atoms with Crippen LogP contribution < -0.4 is 0 Å². The minimum absolute atomic E-state index is 0.263. The number of hydrogen-bond acceptors (Lipinski definition) is 4. The van der Waals surface area contributed by atoms with Gasteiger partial charge in [0.05, 0.1) is 13.2 Å². The predicted molar refractivity (Wildman–Crippen MR) is 92.1 cm³/mol. The highest BCUT2D eigenvalue weighted by molar-refractivity contribution is 5.81. The number of carbonyl (C=O) groups excluding carboxylic acids is 1. The van der Waals surface area contributed by atoms with Crippen molar-refractivity contribution >= 4 is 5.97 Å². The zero-order chi connectivity index (χ0) is 16.5.